The number of carbonyl (C=O) groups excluding carboxylic acids is 1. The molecule has 0 spiro atoms. The summed E-state index contributed by atoms with van der Waals surface area (Å²) in [4.78, 5) is 21.1. The number of nitrogens with one attached hydrogen (secondary N) is 1. The van der Waals surface area contributed by atoms with Gasteiger partial charge in [0.25, 0.3) is 5.91 Å². The molecule has 1 N–H and O–H groups in total. The second-order valence-electron chi connectivity index (χ2n) is 6.76. The minimum atomic E-state index is -0.855. The van der Waals surface area contributed by atoms with Crippen LogP contribution >= 0.6 is 22.9 Å². The zero-order valence-electron chi connectivity index (χ0n) is 15.5. The van der Waals surface area contributed by atoms with Gasteiger partial charge in [0.1, 0.15) is 22.7 Å². The van der Waals surface area contributed by atoms with Crippen molar-refractivity contribution in [1.82, 2.24) is 15.2 Å². The molecular formula is C20H19ClF2N4OS. The maximum atomic E-state index is 13.7. The minimum absolute atomic E-state index is 0.323. The number of anilines is 1. The Morgan fingerprint density at radius 3 is 2.48 bits per heavy atom. The van der Waals surface area contributed by atoms with Crippen LogP contribution in [0, 0.1) is 11.6 Å². The van der Waals surface area contributed by atoms with Crippen LogP contribution in [0.25, 0.3) is 10.2 Å². The first kappa shape index (κ1) is 20.0. The van der Waals surface area contributed by atoms with Gasteiger partial charge in [0.15, 0.2) is 5.13 Å². The molecule has 1 aromatic heterocycles. The van der Waals surface area contributed by atoms with Crippen molar-refractivity contribution in [3.8, 4) is 0 Å². The van der Waals surface area contributed by atoms with E-state index in [4.69, 9.17) is 11.6 Å². The molecule has 2 heterocycles. The molecule has 3 aromatic rings. The highest BCUT2D eigenvalue weighted by Gasteiger charge is 2.21. The fourth-order valence-corrected chi connectivity index (χ4v) is 4.65. The number of piperazine rings is 1. The summed E-state index contributed by atoms with van der Waals surface area (Å²) in [5.41, 5.74) is 0.298. The highest BCUT2D eigenvalue weighted by Crippen LogP contribution is 2.33. The lowest BCUT2D eigenvalue weighted by molar-refractivity contribution is 0.0939. The van der Waals surface area contributed by atoms with Gasteiger partial charge in [0.05, 0.1) is 9.72 Å². The zero-order valence-corrected chi connectivity index (χ0v) is 17.1. The third-order valence-electron chi connectivity index (χ3n) is 4.90. The summed E-state index contributed by atoms with van der Waals surface area (Å²) in [6, 6.07) is 9.16. The lowest BCUT2D eigenvalue weighted by Crippen LogP contribution is -2.48. The Bertz CT molecular complexity index is 1020. The normalized spacial score (nSPS) is 15.1. The molecular weight excluding hydrogens is 418 g/mol. The average Bonchev–Trinajstić information content (AvgIpc) is 3.14. The van der Waals surface area contributed by atoms with Crippen LogP contribution in [-0.2, 0) is 0 Å². The maximum absolute atomic E-state index is 13.7. The number of para-hydroxylation sites is 1. The lowest BCUT2D eigenvalue weighted by Gasteiger charge is -2.34. The molecule has 9 heteroatoms. The standard InChI is InChI=1S/C20H19ClF2N4OS/c21-13-3-1-6-16-18(13)25-20(29-16)27-11-9-26(10-12-27)8-7-24-19(28)17-14(22)4-2-5-15(17)23/h1-6H,7-12H2,(H,24,28). The van der Waals surface area contributed by atoms with Crippen LogP contribution in [0.5, 0.6) is 0 Å². The summed E-state index contributed by atoms with van der Waals surface area (Å²) >= 11 is 7.84. The van der Waals surface area contributed by atoms with Gasteiger partial charge in [0.2, 0.25) is 0 Å². The molecule has 0 aliphatic carbocycles. The van der Waals surface area contributed by atoms with Gasteiger partial charge in [-0.15, -0.1) is 0 Å². The summed E-state index contributed by atoms with van der Waals surface area (Å²) in [6.07, 6.45) is 0. The number of carbonyl (C=O) groups is 1. The highest BCUT2D eigenvalue weighted by molar-refractivity contribution is 7.22. The summed E-state index contributed by atoms with van der Waals surface area (Å²) < 4.78 is 28.4. The number of rotatable bonds is 5. The number of nitrogens with zero attached hydrogens (tertiary/aromatic N) is 3. The lowest BCUT2D eigenvalue weighted by atomic mass is 10.2. The zero-order chi connectivity index (χ0) is 20.4. The highest BCUT2D eigenvalue weighted by atomic mass is 35.5. The Morgan fingerprint density at radius 1 is 1.10 bits per heavy atom. The molecule has 0 unspecified atom stereocenters. The largest absolute Gasteiger partial charge is 0.351 e. The summed E-state index contributed by atoms with van der Waals surface area (Å²) in [5, 5.41) is 4.21. The van der Waals surface area contributed by atoms with Gasteiger partial charge in [-0.2, -0.15) is 0 Å². The number of hydrogen-bond acceptors (Lipinski definition) is 5. The number of thiazole rings is 1. The fourth-order valence-electron chi connectivity index (χ4n) is 3.33. The fraction of sp³-hybridized carbons (Fsp3) is 0.300. The van der Waals surface area contributed by atoms with Crippen LogP contribution in [0.4, 0.5) is 13.9 Å². The van der Waals surface area contributed by atoms with Crippen molar-refractivity contribution < 1.29 is 13.6 Å². The van der Waals surface area contributed by atoms with Crippen LogP contribution < -0.4 is 10.2 Å². The molecule has 0 bridgehead atoms. The number of hydrogen-bond donors (Lipinski definition) is 1. The van der Waals surface area contributed by atoms with Crippen LogP contribution in [0.1, 0.15) is 10.4 Å². The Morgan fingerprint density at radius 2 is 1.79 bits per heavy atom. The van der Waals surface area contributed by atoms with Gasteiger partial charge in [-0.25, -0.2) is 13.8 Å². The molecule has 5 nitrogen and oxygen atoms in total. The van der Waals surface area contributed by atoms with Crippen molar-refractivity contribution in [2.24, 2.45) is 0 Å². The Labute approximate surface area is 175 Å². The summed E-state index contributed by atoms with van der Waals surface area (Å²) in [6.45, 7) is 4.19. The first-order valence-corrected chi connectivity index (χ1v) is 10.5. The van der Waals surface area contributed by atoms with E-state index < -0.39 is 23.1 Å². The second-order valence-corrected chi connectivity index (χ2v) is 8.18. The van der Waals surface area contributed by atoms with Crippen LogP contribution in [0.15, 0.2) is 36.4 Å². The second kappa shape index (κ2) is 8.61. The van der Waals surface area contributed by atoms with E-state index in [2.05, 4.69) is 20.1 Å². The molecule has 0 radical (unpaired) electrons. The van der Waals surface area contributed by atoms with Crippen LogP contribution in [-0.4, -0.2) is 55.1 Å². The molecule has 1 saturated heterocycles. The average molecular weight is 437 g/mol. The molecule has 152 valence electrons. The van der Waals surface area contributed by atoms with E-state index >= 15 is 0 Å². The number of halogens is 3. The number of benzene rings is 2. The van der Waals surface area contributed by atoms with Crippen molar-refractivity contribution in [2.75, 3.05) is 44.2 Å². The minimum Gasteiger partial charge on any atom is -0.351 e. The molecule has 1 aliphatic rings. The molecule has 2 aromatic carbocycles. The van der Waals surface area contributed by atoms with Crippen molar-refractivity contribution in [3.05, 3.63) is 58.6 Å². The van der Waals surface area contributed by atoms with Crippen molar-refractivity contribution in [1.29, 1.82) is 0 Å². The molecule has 29 heavy (non-hydrogen) atoms. The summed E-state index contributed by atoms with van der Waals surface area (Å²) in [5.74, 6) is -2.44. The van der Waals surface area contributed by atoms with Gasteiger partial charge in [-0.3, -0.25) is 9.69 Å². The van der Waals surface area contributed by atoms with Gasteiger partial charge >= 0.3 is 0 Å². The predicted octanol–water partition coefficient (Wildman–Crippen LogP) is 3.78. The predicted molar refractivity (Wildman–Crippen MR) is 112 cm³/mol. The Kier molecular flexibility index (Phi) is 5.94. The smallest absolute Gasteiger partial charge is 0.257 e. The van der Waals surface area contributed by atoms with Crippen LogP contribution in [0.3, 0.4) is 0 Å². The van der Waals surface area contributed by atoms with E-state index in [0.717, 1.165) is 53.7 Å². The molecule has 0 atom stereocenters. The van der Waals surface area contributed by atoms with Crippen molar-refractivity contribution >= 4 is 44.2 Å². The van der Waals surface area contributed by atoms with Gasteiger partial charge < -0.3 is 10.2 Å². The van der Waals surface area contributed by atoms with E-state index in [1.54, 1.807) is 11.3 Å². The van der Waals surface area contributed by atoms with E-state index in [1.807, 2.05) is 18.2 Å². The molecule has 0 saturated carbocycles. The Balaban J connectivity index is 1.28. The van der Waals surface area contributed by atoms with E-state index in [9.17, 15) is 13.6 Å². The van der Waals surface area contributed by atoms with E-state index in [1.165, 1.54) is 6.07 Å². The quantitative estimate of drug-likeness (QED) is 0.661. The molecule has 1 aliphatic heterocycles. The molecule has 4 rings (SSSR count). The molecule has 1 amide bonds. The van der Waals surface area contributed by atoms with Gasteiger partial charge in [-0.1, -0.05) is 35.1 Å². The topological polar surface area (TPSA) is 48.5 Å². The number of aromatic nitrogens is 1. The first-order valence-electron chi connectivity index (χ1n) is 9.27. The first-order chi connectivity index (χ1) is 14.0. The third-order valence-corrected chi connectivity index (χ3v) is 6.29. The SMILES string of the molecule is O=C(NCCN1CCN(c2nc3c(Cl)cccc3s2)CC1)c1c(F)cccc1F. The van der Waals surface area contributed by atoms with Gasteiger partial charge in [-0.05, 0) is 24.3 Å². The van der Waals surface area contributed by atoms with Crippen molar-refractivity contribution in [3.63, 3.8) is 0 Å². The third kappa shape index (κ3) is 4.34. The Hall–Kier alpha value is -2.29. The molecule has 1 fully saturated rings. The monoisotopic (exact) mass is 436 g/mol. The van der Waals surface area contributed by atoms with Crippen molar-refractivity contribution in [2.45, 2.75) is 0 Å². The van der Waals surface area contributed by atoms with Crippen LogP contribution in [0.2, 0.25) is 5.02 Å². The maximum Gasteiger partial charge on any atom is 0.257 e. The van der Waals surface area contributed by atoms with E-state index in [-0.39, 0.29) is 0 Å². The number of fused-ring (bicyclic) bond motifs is 1. The number of amides is 1. The van der Waals surface area contributed by atoms with Gasteiger partial charge in [0, 0.05) is 39.3 Å². The van der Waals surface area contributed by atoms with E-state index in [0.29, 0.717) is 18.1 Å². The summed E-state index contributed by atoms with van der Waals surface area (Å²) in [7, 11) is 0.